The molecule has 0 unspecified atom stereocenters. The van der Waals surface area contributed by atoms with E-state index in [9.17, 15) is 4.79 Å². The van der Waals surface area contributed by atoms with E-state index in [1.807, 2.05) is 36.4 Å². The molecule has 2 rings (SSSR count). The Bertz CT molecular complexity index is 749. The van der Waals surface area contributed by atoms with Gasteiger partial charge in [-0.15, -0.1) is 0 Å². The van der Waals surface area contributed by atoms with Crippen LogP contribution in [0.4, 0.5) is 5.69 Å². The van der Waals surface area contributed by atoms with Crippen LogP contribution < -0.4 is 15.5 Å². The molecule has 0 fully saturated rings. The van der Waals surface area contributed by atoms with Gasteiger partial charge in [-0.05, 0) is 89.8 Å². The van der Waals surface area contributed by atoms with Gasteiger partial charge in [-0.1, -0.05) is 0 Å². The van der Waals surface area contributed by atoms with Gasteiger partial charge in [-0.25, -0.2) is 5.43 Å². The standard InChI is InChI=1S/C16H14Br3N3O2/c1-24-11-4-2-10(3-5-11)8-21-22-16(23)9-20-15-7-13(18)12(17)6-14(15)19/h2-8,20H,9H2,1H3,(H,22,23)/b21-8+. The lowest BCUT2D eigenvalue weighted by molar-refractivity contribution is -0.119. The number of nitrogens with one attached hydrogen (secondary N) is 2. The van der Waals surface area contributed by atoms with Crippen molar-refractivity contribution in [2.45, 2.75) is 0 Å². The third-order valence-electron chi connectivity index (χ3n) is 2.97. The quantitative estimate of drug-likeness (QED) is 0.334. The van der Waals surface area contributed by atoms with E-state index in [0.717, 1.165) is 30.4 Å². The molecular weight excluding hydrogens is 506 g/mol. The smallest absolute Gasteiger partial charge is 0.259 e. The molecule has 0 spiro atoms. The Kier molecular flexibility index (Phi) is 7.26. The maximum absolute atomic E-state index is 11.8. The number of hydrogen-bond acceptors (Lipinski definition) is 4. The first-order valence-corrected chi connectivity index (χ1v) is 9.22. The number of amides is 1. The van der Waals surface area contributed by atoms with E-state index >= 15 is 0 Å². The topological polar surface area (TPSA) is 62.7 Å². The Hall–Kier alpha value is -1.38. The highest BCUT2D eigenvalue weighted by atomic mass is 79.9. The van der Waals surface area contributed by atoms with E-state index in [2.05, 4.69) is 63.6 Å². The minimum Gasteiger partial charge on any atom is -0.497 e. The second-order valence-corrected chi connectivity index (χ2v) is 7.23. The summed E-state index contributed by atoms with van der Waals surface area (Å²) in [5.41, 5.74) is 4.15. The van der Waals surface area contributed by atoms with Crippen LogP contribution in [0, 0.1) is 0 Å². The first-order valence-electron chi connectivity index (χ1n) is 6.84. The van der Waals surface area contributed by atoms with Gasteiger partial charge < -0.3 is 10.1 Å². The summed E-state index contributed by atoms with van der Waals surface area (Å²) < 4.78 is 7.75. The number of benzene rings is 2. The summed E-state index contributed by atoms with van der Waals surface area (Å²) in [6.07, 6.45) is 1.57. The molecule has 2 aromatic rings. The van der Waals surface area contributed by atoms with Crippen molar-refractivity contribution >= 4 is 65.6 Å². The van der Waals surface area contributed by atoms with Gasteiger partial charge in [0.25, 0.3) is 5.91 Å². The molecule has 0 aromatic heterocycles. The summed E-state index contributed by atoms with van der Waals surface area (Å²) in [6, 6.07) is 11.1. The van der Waals surface area contributed by atoms with Crippen LogP contribution in [0.25, 0.3) is 0 Å². The molecular formula is C16H14Br3N3O2. The number of nitrogens with zero attached hydrogens (tertiary/aromatic N) is 1. The molecule has 0 radical (unpaired) electrons. The van der Waals surface area contributed by atoms with Gasteiger partial charge in [0.2, 0.25) is 0 Å². The maximum Gasteiger partial charge on any atom is 0.259 e. The van der Waals surface area contributed by atoms with Gasteiger partial charge in [0, 0.05) is 13.4 Å². The Balaban J connectivity index is 1.85. The van der Waals surface area contributed by atoms with Crippen LogP contribution in [0.2, 0.25) is 0 Å². The highest BCUT2D eigenvalue weighted by Gasteiger charge is 2.06. The number of carbonyl (C=O) groups is 1. The van der Waals surface area contributed by atoms with E-state index in [0.29, 0.717) is 0 Å². The van der Waals surface area contributed by atoms with Crippen LogP contribution in [0.5, 0.6) is 5.75 Å². The number of ether oxygens (including phenoxy) is 1. The van der Waals surface area contributed by atoms with Gasteiger partial charge >= 0.3 is 0 Å². The SMILES string of the molecule is COc1ccc(/C=N/NC(=O)CNc2cc(Br)c(Br)cc2Br)cc1. The Morgan fingerprint density at radius 3 is 2.46 bits per heavy atom. The van der Waals surface area contributed by atoms with E-state index < -0.39 is 0 Å². The molecule has 0 saturated carbocycles. The normalized spacial score (nSPS) is 10.7. The first-order chi connectivity index (χ1) is 11.5. The zero-order valence-corrected chi connectivity index (χ0v) is 17.4. The fourth-order valence-corrected chi connectivity index (χ4v) is 3.22. The van der Waals surface area contributed by atoms with Crippen molar-refractivity contribution in [3.05, 3.63) is 55.4 Å². The van der Waals surface area contributed by atoms with Crippen LogP contribution in [0.1, 0.15) is 5.56 Å². The van der Waals surface area contributed by atoms with Crippen molar-refractivity contribution in [1.82, 2.24) is 5.43 Å². The largest absolute Gasteiger partial charge is 0.497 e. The van der Waals surface area contributed by atoms with Crippen molar-refractivity contribution < 1.29 is 9.53 Å². The maximum atomic E-state index is 11.8. The molecule has 0 aliphatic heterocycles. The predicted octanol–water partition coefficient (Wildman–Crippen LogP) is 4.54. The fourth-order valence-electron chi connectivity index (χ4n) is 1.74. The zero-order valence-electron chi connectivity index (χ0n) is 12.6. The van der Waals surface area contributed by atoms with Gasteiger partial charge in [0.15, 0.2) is 0 Å². The highest BCUT2D eigenvalue weighted by molar-refractivity contribution is 9.13. The lowest BCUT2D eigenvalue weighted by Crippen LogP contribution is -2.26. The molecule has 0 atom stereocenters. The average molecular weight is 520 g/mol. The van der Waals surface area contributed by atoms with E-state index in [1.165, 1.54) is 0 Å². The summed E-state index contributed by atoms with van der Waals surface area (Å²) in [5.74, 6) is 0.525. The first kappa shape index (κ1) is 19.0. The van der Waals surface area contributed by atoms with Crippen LogP contribution in [0.15, 0.2) is 54.9 Å². The molecule has 5 nitrogen and oxygen atoms in total. The van der Waals surface area contributed by atoms with Crippen LogP contribution in [-0.2, 0) is 4.79 Å². The number of carbonyl (C=O) groups excluding carboxylic acids is 1. The van der Waals surface area contributed by atoms with Gasteiger partial charge in [0.05, 0.1) is 25.6 Å². The predicted molar refractivity (Wildman–Crippen MR) is 107 cm³/mol. The minimum absolute atomic E-state index is 0.104. The number of hydrazone groups is 1. The van der Waals surface area contributed by atoms with Gasteiger partial charge in [0.1, 0.15) is 5.75 Å². The summed E-state index contributed by atoms with van der Waals surface area (Å²) >= 11 is 10.3. The molecule has 1 amide bonds. The molecule has 0 aliphatic rings. The zero-order chi connectivity index (χ0) is 17.5. The molecule has 24 heavy (non-hydrogen) atoms. The number of hydrogen-bond donors (Lipinski definition) is 2. The van der Waals surface area contributed by atoms with Crippen molar-refractivity contribution in [3.8, 4) is 5.75 Å². The minimum atomic E-state index is -0.245. The molecule has 8 heteroatoms. The van der Waals surface area contributed by atoms with Crippen molar-refractivity contribution in [3.63, 3.8) is 0 Å². The third-order valence-corrected chi connectivity index (χ3v) is 5.47. The number of rotatable bonds is 6. The monoisotopic (exact) mass is 517 g/mol. The molecule has 0 bridgehead atoms. The second kappa shape index (κ2) is 9.19. The van der Waals surface area contributed by atoms with Crippen molar-refractivity contribution in [2.24, 2.45) is 5.10 Å². The van der Waals surface area contributed by atoms with Crippen molar-refractivity contribution in [2.75, 3.05) is 19.0 Å². The second-order valence-electron chi connectivity index (χ2n) is 4.67. The Morgan fingerprint density at radius 1 is 1.12 bits per heavy atom. The Morgan fingerprint density at radius 2 is 1.79 bits per heavy atom. The Labute approximate surface area is 165 Å². The lowest BCUT2D eigenvalue weighted by Gasteiger charge is -2.09. The molecule has 2 aromatic carbocycles. The molecule has 0 heterocycles. The third kappa shape index (κ3) is 5.61. The number of anilines is 1. The molecule has 2 N–H and O–H groups in total. The van der Waals surface area contributed by atoms with Gasteiger partial charge in [-0.2, -0.15) is 5.10 Å². The lowest BCUT2D eigenvalue weighted by atomic mass is 10.2. The molecule has 0 aliphatic carbocycles. The van der Waals surface area contributed by atoms with Crippen LogP contribution >= 0.6 is 47.8 Å². The average Bonchev–Trinajstić information content (AvgIpc) is 2.57. The van der Waals surface area contributed by atoms with Crippen LogP contribution in [-0.4, -0.2) is 25.8 Å². The molecule has 0 saturated heterocycles. The van der Waals surface area contributed by atoms with Crippen molar-refractivity contribution in [1.29, 1.82) is 0 Å². The summed E-state index contributed by atoms with van der Waals surface area (Å²) in [5, 5.41) is 6.97. The number of methoxy groups -OCH3 is 1. The van der Waals surface area contributed by atoms with E-state index in [4.69, 9.17) is 4.74 Å². The summed E-state index contributed by atoms with van der Waals surface area (Å²) in [6.45, 7) is 0.104. The van der Waals surface area contributed by atoms with Gasteiger partial charge in [-0.3, -0.25) is 4.79 Å². The van der Waals surface area contributed by atoms with E-state index in [1.54, 1.807) is 13.3 Å². The highest BCUT2D eigenvalue weighted by Crippen LogP contribution is 2.32. The van der Waals surface area contributed by atoms with E-state index in [-0.39, 0.29) is 12.5 Å². The summed E-state index contributed by atoms with van der Waals surface area (Å²) in [4.78, 5) is 11.8. The molecule has 126 valence electrons. The van der Waals surface area contributed by atoms with Crippen LogP contribution in [0.3, 0.4) is 0 Å². The number of halogens is 3. The fraction of sp³-hybridized carbons (Fsp3) is 0.125. The summed E-state index contributed by atoms with van der Waals surface area (Å²) in [7, 11) is 1.61.